The molecule has 36 heteroatoms. The van der Waals surface area contributed by atoms with E-state index in [1.165, 1.54) is 18.2 Å². The molecule has 0 saturated carbocycles. The Hall–Kier alpha value is -7.91. The summed E-state index contributed by atoms with van der Waals surface area (Å²) in [6.45, 7) is 1.28. The highest BCUT2D eigenvalue weighted by molar-refractivity contribution is 7.87. The standard InChI is InChI=1S/C40H30N10O20S6/c1-19-12-29(31(70-10-3-11-72(55,56)57)17-28(19)45-48-40-42-36-32(71-40)4-2-5-33(36)73(58,59)60)46-43-26-8-7-23-22(37(26)51)6-9-27(38(23)76(67,68)69)44-47-30-18-41-49(39(30)52)20-13-24-25(34(15-20)74(61,62)63)14-21(50(53)54)16-35(24)75(64,65)66/h2,4-9,12-18,41,51H,3,10-11H2,1H3,(H,55,56,57)(H,58,59,60)(H,61,62,63)(H,64,65,66)(H,67,68,69). The Morgan fingerprint density at radius 2 is 1.28 bits per heavy atom. The van der Waals surface area contributed by atoms with Gasteiger partial charge < -0.3 is 9.84 Å². The van der Waals surface area contributed by atoms with Gasteiger partial charge in [-0.25, -0.2) is 9.67 Å². The van der Waals surface area contributed by atoms with Gasteiger partial charge in [0.2, 0.25) is 5.13 Å². The van der Waals surface area contributed by atoms with Crippen LogP contribution in [0.3, 0.4) is 0 Å². The Morgan fingerprint density at radius 3 is 1.93 bits per heavy atom. The quantitative estimate of drug-likeness (QED) is 0.0150. The Kier molecular flexibility index (Phi) is 14.3. The normalized spacial score (nSPS) is 13.1. The number of hydrogen-bond donors (Lipinski definition) is 7. The number of phenolic OH excluding ortho intramolecular Hbond substituents is 1. The van der Waals surface area contributed by atoms with Crippen molar-refractivity contribution >= 4 is 133 Å². The van der Waals surface area contributed by atoms with Crippen LogP contribution in [0.5, 0.6) is 11.5 Å². The van der Waals surface area contributed by atoms with Gasteiger partial charge in [-0.15, -0.1) is 30.7 Å². The summed E-state index contributed by atoms with van der Waals surface area (Å²) in [6, 6.07) is 13.6. The fourth-order valence-electron chi connectivity index (χ4n) is 7.28. The van der Waals surface area contributed by atoms with Crippen LogP contribution in [0.1, 0.15) is 12.0 Å². The summed E-state index contributed by atoms with van der Waals surface area (Å²) in [5, 5.41) is 47.3. The van der Waals surface area contributed by atoms with E-state index >= 15 is 0 Å². The zero-order chi connectivity index (χ0) is 55.4. The number of nitro groups is 1. The van der Waals surface area contributed by atoms with Gasteiger partial charge in [0.1, 0.15) is 47.9 Å². The minimum atomic E-state index is -5.34. The fourth-order valence-corrected chi connectivity index (χ4v) is 11.6. The topological polar surface area (TPSA) is 469 Å². The number of fused-ring (bicyclic) bond motifs is 3. The van der Waals surface area contributed by atoms with Crippen molar-refractivity contribution in [3.63, 3.8) is 0 Å². The van der Waals surface area contributed by atoms with Crippen LogP contribution in [0.15, 0.2) is 140 Å². The fraction of sp³-hybridized carbons (Fsp3) is 0.100. The van der Waals surface area contributed by atoms with Crippen molar-refractivity contribution in [3.8, 4) is 17.2 Å². The molecule has 8 aromatic rings. The molecule has 76 heavy (non-hydrogen) atoms. The summed E-state index contributed by atoms with van der Waals surface area (Å²) in [6.07, 6.45) is 0.672. The van der Waals surface area contributed by atoms with Crippen molar-refractivity contribution in [2.75, 3.05) is 12.4 Å². The molecule has 0 aliphatic heterocycles. The van der Waals surface area contributed by atoms with E-state index in [2.05, 4.69) is 40.8 Å². The van der Waals surface area contributed by atoms with Gasteiger partial charge >= 0.3 is 0 Å². The zero-order valence-electron chi connectivity index (χ0n) is 37.6. The summed E-state index contributed by atoms with van der Waals surface area (Å²) < 4.78 is 177. The third-order valence-corrected chi connectivity index (χ3v) is 15.9. The highest BCUT2D eigenvalue weighted by Crippen LogP contribution is 2.44. The maximum Gasteiger partial charge on any atom is 0.298 e. The number of ether oxygens (including phenoxy) is 1. The average Bonchev–Trinajstić information content (AvgIpc) is 3.92. The Bertz CT molecular complexity index is 4540. The summed E-state index contributed by atoms with van der Waals surface area (Å²) in [7, 11) is -24.9. The Labute approximate surface area is 429 Å². The number of H-pyrrole nitrogens is 1. The monoisotopic (exact) mass is 1160 g/mol. The van der Waals surface area contributed by atoms with Gasteiger partial charge in [-0.3, -0.25) is 42.8 Å². The summed E-state index contributed by atoms with van der Waals surface area (Å²) in [5.74, 6) is -1.44. The number of aromatic amines is 1. The second kappa shape index (κ2) is 20.0. The maximum absolute atomic E-state index is 13.6. The van der Waals surface area contributed by atoms with Crippen LogP contribution in [0.4, 0.5) is 39.3 Å². The molecule has 0 radical (unpaired) electrons. The van der Waals surface area contributed by atoms with Crippen LogP contribution >= 0.6 is 11.3 Å². The number of non-ortho nitro benzene ring substituents is 1. The van der Waals surface area contributed by atoms with Crippen LogP contribution in [0, 0.1) is 17.0 Å². The second-order valence-electron chi connectivity index (χ2n) is 15.7. The number of aryl methyl sites for hydroxylation is 1. The van der Waals surface area contributed by atoms with Crippen molar-refractivity contribution < 1.29 is 79.6 Å². The molecule has 0 aliphatic carbocycles. The van der Waals surface area contributed by atoms with E-state index in [1.54, 1.807) is 13.0 Å². The number of para-hydroxylation sites is 1. The maximum atomic E-state index is 13.6. The first-order valence-corrected chi connectivity index (χ1v) is 28.7. The minimum Gasteiger partial charge on any atom is -0.505 e. The van der Waals surface area contributed by atoms with Crippen molar-refractivity contribution in [1.82, 2.24) is 14.8 Å². The van der Waals surface area contributed by atoms with E-state index in [0.29, 0.717) is 33.1 Å². The smallest absolute Gasteiger partial charge is 0.298 e. The first-order chi connectivity index (χ1) is 35.4. The molecule has 0 aliphatic rings. The van der Waals surface area contributed by atoms with Crippen molar-refractivity contribution in [2.24, 2.45) is 30.7 Å². The predicted molar refractivity (Wildman–Crippen MR) is 265 cm³/mol. The molecule has 0 unspecified atom stereocenters. The van der Waals surface area contributed by atoms with E-state index in [9.17, 15) is 84.9 Å². The molecule has 0 bridgehead atoms. The first-order valence-electron chi connectivity index (χ1n) is 20.5. The third-order valence-electron chi connectivity index (χ3n) is 10.6. The summed E-state index contributed by atoms with van der Waals surface area (Å²) in [4.78, 5) is 24.5. The van der Waals surface area contributed by atoms with E-state index in [-0.39, 0.29) is 57.3 Å². The molecule has 396 valence electrons. The van der Waals surface area contributed by atoms with Crippen molar-refractivity contribution in [1.29, 1.82) is 0 Å². The Morgan fingerprint density at radius 1 is 0.671 bits per heavy atom. The lowest BCUT2D eigenvalue weighted by Gasteiger charge is -2.11. The van der Waals surface area contributed by atoms with Gasteiger partial charge in [0, 0.05) is 39.7 Å². The minimum absolute atomic E-state index is 0.00347. The number of azo groups is 3. The Balaban J connectivity index is 1.13. The van der Waals surface area contributed by atoms with Gasteiger partial charge in [0.05, 0.1) is 39.6 Å². The molecule has 30 nitrogen and oxygen atoms in total. The number of nitrogens with one attached hydrogen (secondary N) is 1. The number of rotatable bonds is 17. The molecule has 0 spiro atoms. The number of aromatic hydroxyl groups is 1. The van der Waals surface area contributed by atoms with Crippen molar-refractivity contribution in [3.05, 3.63) is 111 Å². The van der Waals surface area contributed by atoms with E-state index in [0.717, 1.165) is 53.9 Å². The molecule has 0 fully saturated rings. The molecule has 7 N–H and O–H groups in total. The van der Waals surface area contributed by atoms with Gasteiger partial charge in [-0.1, -0.05) is 23.5 Å². The third kappa shape index (κ3) is 11.5. The molecule has 2 heterocycles. The highest BCUT2D eigenvalue weighted by atomic mass is 32.2. The SMILES string of the molecule is Cc1cc(N=Nc2ccc3c(S(=O)(=O)O)c(N=Nc4c[nH]n(-c5cc(S(=O)(=O)O)c6cc([N+](=O)[O-])cc(S(=O)(=O)O)c6c5)c4=O)ccc3c2O)c(OCCCS(=O)(=O)O)cc1N=Nc1nc2c(S(=O)(=O)O)cccc2s1. The lowest BCUT2D eigenvalue weighted by molar-refractivity contribution is -0.384. The molecule has 8 rings (SSSR count). The highest BCUT2D eigenvalue weighted by Gasteiger charge is 2.28. The van der Waals surface area contributed by atoms with Crippen LogP contribution in [0.25, 0.3) is 37.4 Å². The van der Waals surface area contributed by atoms with Crippen molar-refractivity contribution in [2.45, 2.75) is 32.9 Å². The second-order valence-corrected chi connectivity index (χ2v) is 23.8. The van der Waals surface area contributed by atoms with Gasteiger partial charge in [-0.2, -0.15) is 42.1 Å². The van der Waals surface area contributed by atoms with Crippen LogP contribution in [0.2, 0.25) is 0 Å². The van der Waals surface area contributed by atoms with E-state index in [1.807, 2.05) is 0 Å². The predicted octanol–water partition coefficient (Wildman–Crippen LogP) is 7.89. The van der Waals surface area contributed by atoms with Crippen LogP contribution in [-0.2, 0) is 50.6 Å². The molecular weight excluding hydrogens is 1130 g/mol. The zero-order valence-corrected chi connectivity index (χ0v) is 42.5. The largest absolute Gasteiger partial charge is 0.505 e. The molecule has 6 aromatic carbocycles. The van der Waals surface area contributed by atoms with E-state index < -0.39 is 126 Å². The van der Waals surface area contributed by atoms with Gasteiger partial charge in [0.25, 0.3) is 61.8 Å². The molecular formula is C40H30N10O20S6. The molecule has 0 amide bonds. The number of phenols is 1. The first kappa shape index (κ1) is 54.4. The van der Waals surface area contributed by atoms with E-state index in [4.69, 9.17) is 4.74 Å². The molecule has 0 saturated heterocycles. The lowest BCUT2D eigenvalue weighted by Crippen LogP contribution is -2.15. The number of hydrogen-bond acceptors (Lipinski definition) is 23. The number of benzene rings is 6. The molecule has 2 aromatic heterocycles. The average molecular weight is 1160 g/mol. The summed E-state index contributed by atoms with van der Waals surface area (Å²) >= 11 is 0.956. The summed E-state index contributed by atoms with van der Waals surface area (Å²) in [5.41, 5.74) is -3.78. The number of aromatic nitrogens is 3. The van der Waals surface area contributed by atoms with Crippen LogP contribution < -0.4 is 10.3 Å². The number of nitrogens with zero attached hydrogens (tertiary/aromatic N) is 9. The number of thiazole rings is 1. The van der Waals surface area contributed by atoms with Crippen LogP contribution in [-0.4, -0.2) is 102 Å². The lowest BCUT2D eigenvalue weighted by atomic mass is 10.1. The van der Waals surface area contributed by atoms with Gasteiger partial charge in [0.15, 0.2) is 11.4 Å². The van der Waals surface area contributed by atoms with Gasteiger partial charge in [-0.05, 0) is 67.4 Å². The molecule has 0 atom stereocenters. The number of nitro benzene ring substituents is 1.